The van der Waals surface area contributed by atoms with Crippen LogP contribution in [-0.4, -0.2) is 18.4 Å². The van der Waals surface area contributed by atoms with Gasteiger partial charge in [0.25, 0.3) is 0 Å². The number of esters is 1. The van der Waals surface area contributed by atoms with E-state index in [-0.39, 0.29) is 19.1 Å². The van der Waals surface area contributed by atoms with Crippen LogP contribution >= 0.6 is 0 Å². The van der Waals surface area contributed by atoms with Crippen LogP contribution in [0.1, 0.15) is 12.5 Å². The van der Waals surface area contributed by atoms with E-state index in [9.17, 15) is 9.59 Å². The van der Waals surface area contributed by atoms with Crippen molar-refractivity contribution >= 4 is 22.6 Å². The van der Waals surface area contributed by atoms with Crippen molar-refractivity contribution in [3.05, 3.63) is 48.0 Å². The molecule has 1 amide bonds. The lowest BCUT2D eigenvalue weighted by atomic mass is 10.1. The lowest BCUT2D eigenvalue weighted by molar-refractivity contribution is -0.145. The standard InChI is InChI=1S/C15H15NO3/c1-11(17)16-9-15(18)19-10-12-6-7-13-4-2-3-5-14(13)8-12/h2-8H,9-10H2,1H3,(H,16,17). The van der Waals surface area contributed by atoms with Crippen molar-refractivity contribution in [3.8, 4) is 0 Å². The molecular formula is C15H15NO3. The summed E-state index contributed by atoms with van der Waals surface area (Å²) in [5.74, 6) is -0.689. The molecule has 0 aliphatic rings. The SMILES string of the molecule is CC(=O)NCC(=O)OCc1ccc2ccccc2c1. The first-order valence-corrected chi connectivity index (χ1v) is 6.03. The Labute approximate surface area is 111 Å². The Morgan fingerprint density at radius 3 is 2.58 bits per heavy atom. The van der Waals surface area contributed by atoms with Crippen molar-refractivity contribution in [2.75, 3.05) is 6.54 Å². The molecule has 19 heavy (non-hydrogen) atoms. The summed E-state index contributed by atoms with van der Waals surface area (Å²) in [5, 5.41) is 4.66. The van der Waals surface area contributed by atoms with Gasteiger partial charge in [-0.1, -0.05) is 36.4 Å². The summed E-state index contributed by atoms with van der Waals surface area (Å²) < 4.78 is 5.07. The average molecular weight is 257 g/mol. The second-order valence-corrected chi connectivity index (χ2v) is 4.25. The van der Waals surface area contributed by atoms with E-state index in [0.29, 0.717) is 0 Å². The topological polar surface area (TPSA) is 55.4 Å². The quantitative estimate of drug-likeness (QED) is 0.852. The van der Waals surface area contributed by atoms with Gasteiger partial charge in [-0.3, -0.25) is 9.59 Å². The van der Waals surface area contributed by atoms with E-state index in [4.69, 9.17) is 4.74 Å². The van der Waals surface area contributed by atoms with Gasteiger partial charge in [0.05, 0.1) is 0 Å². The molecule has 1 N–H and O–H groups in total. The highest BCUT2D eigenvalue weighted by molar-refractivity contribution is 5.83. The number of amides is 1. The van der Waals surface area contributed by atoms with Crippen molar-refractivity contribution in [2.24, 2.45) is 0 Å². The summed E-state index contributed by atoms with van der Waals surface area (Å²) in [6.45, 7) is 1.47. The minimum atomic E-state index is -0.441. The Hall–Kier alpha value is -2.36. The Kier molecular flexibility index (Phi) is 4.13. The molecular weight excluding hydrogens is 242 g/mol. The van der Waals surface area contributed by atoms with Crippen LogP contribution in [0.3, 0.4) is 0 Å². The molecule has 98 valence electrons. The highest BCUT2D eigenvalue weighted by Crippen LogP contribution is 2.16. The van der Waals surface area contributed by atoms with E-state index < -0.39 is 5.97 Å². The predicted molar refractivity (Wildman–Crippen MR) is 72.4 cm³/mol. The van der Waals surface area contributed by atoms with E-state index in [1.54, 1.807) is 0 Å². The van der Waals surface area contributed by atoms with Crippen molar-refractivity contribution in [2.45, 2.75) is 13.5 Å². The molecule has 0 atom stereocenters. The first kappa shape index (κ1) is 13.1. The Morgan fingerprint density at radius 2 is 1.84 bits per heavy atom. The molecule has 0 radical (unpaired) electrons. The van der Waals surface area contributed by atoms with Crippen molar-refractivity contribution in [1.29, 1.82) is 0 Å². The normalized spacial score (nSPS) is 10.2. The third-order valence-electron chi connectivity index (χ3n) is 2.70. The molecule has 2 rings (SSSR count). The average Bonchev–Trinajstić information content (AvgIpc) is 2.42. The third kappa shape index (κ3) is 3.81. The van der Waals surface area contributed by atoms with Gasteiger partial charge in [0.1, 0.15) is 13.2 Å². The Balaban J connectivity index is 1.94. The number of rotatable bonds is 4. The molecule has 4 nitrogen and oxygen atoms in total. The van der Waals surface area contributed by atoms with Crippen LogP contribution < -0.4 is 5.32 Å². The summed E-state index contributed by atoms with van der Waals surface area (Å²) in [6.07, 6.45) is 0. The van der Waals surface area contributed by atoms with Gasteiger partial charge in [-0.25, -0.2) is 0 Å². The summed E-state index contributed by atoms with van der Waals surface area (Å²) in [4.78, 5) is 22.0. The number of ether oxygens (including phenoxy) is 1. The molecule has 0 fully saturated rings. The molecule has 2 aromatic rings. The van der Waals surface area contributed by atoms with Crippen LogP contribution in [-0.2, 0) is 20.9 Å². The third-order valence-corrected chi connectivity index (χ3v) is 2.70. The smallest absolute Gasteiger partial charge is 0.325 e. The van der Waals surface area contributed by atoms with E-state index >= 15 is 0 Å². The first-order valence-electron chi connectivity index (χ1n) is 6.03. The lowest BCUT2D eigenvalue weighted by Crippen LogP contribution is -2.28. The number of fused-ring (bicyclic) bond motifs is 1. The maximum absolute atomic E-state index is 11.3. The monoisotopic (exact) mass is 257 g/mol. The van der Waals surface area contributed by atoms with Gasteiger partial charge in [-0.15, -0.1) is 0 Å². The number of nitrogens with one attached hydrogen (secondary N) is 1. The van der Waals surface area contributed by atoms with E-state index in [0.717, 1.165) is 16.3 Å². The fraction of sp³-hybridized carbons (Fsp3) is 0.200. The van der Waals surface area contributed by atoms with E-state index in [1.165, 1.54) is 6.92 Å². The van der Waals surface area contributed by atoms with Gasteiger partial charge in [0, 0.05) is 6.92 Å². The number of carbonyl (C=O) groups is 2. The minimum absolute atomic E-state index is 0.0943. The predicted octanol–water partition coefficient (Wildman–Crippen LogP) is 2.02. The molecule has 0 heterocycles. The molecule has 4 heteroatoms. The fourth-order valence-electron chi connectivity index (χ4n) is 1.74. The van der Waals surface area contributed by atoms with Crippen LogP contribution in [0, 0.1) is 0 Å². The zero-order valence-corrected chi connectivity index (χ0v) is 10.7. The molecule has 0 unspecified atom stereocenters. The van der Waals surface area contributed by atoms with Crippen LogP contribution in [0.2, 0.25) is 0 Å². The van der Waals surface area contributed by atoms with Crippen molar-refractivity contribution in [3.63, 3.8) is 0 Å². The summed E-state index contributed by atoms with van der Waals surface area (Å²) >= 11 is 0. The summed E-state index contributed by atoms with van der Waals surface area (Å²) in [6, 6.07) is 13.9. The van der Waals surface area contributed by atoms with Crippen molar-refractivity contribution < 1.29 is 14.3 Å². The molecule has 0 aliphatic carbocycles. The van der Waals surface area contributed by atoms with Crippen LogP contribution in [0.5, 0.6) is 0 Å². The molecule has 0 saturated carbocycles. The van der Waals surface area contributed by atoms with Gasteiger partial charge in [-0.05, 0) is 22.4 Å². The molecule has 0 aliphatic heterocycles. The van der Waals surface area contributed by atoms with Gasteiger partial charge >= 0.3 is 5.97 Å². The first-order chi connectivity index (χ1) is 9.15. The van der Waals surface area contributed by atoms with Crippen molar-refractivity contribution in [1.82, 2.24) is 5.32 Å². The second kappa shape index (κ2) is 6.00. The Morgan fingerprint density at radius 1 is 1.11 bits per heavy atom. The summed E-state index contributed by atoms with van der Waals surface area (Å²) in [7, 11) is 0. The summed E-state index contributed by atoms with van der Waals surface area (Å²) in [5.41, 5.74) is 0.926. The van der Waals surface area contributed by atoms with Gasteiger partial charge in [0.15, 0.2) is 0 Å². The largest absolute Gasteiger partial charge is 0.460 e. The number of hydrogen-bond acceptors (Lipinski definition) is 3. The van der Waals surface area contributed by atoms with E-state index in [1.807, 2.05) is 42.5 Å². The molecule has 0 bridgehead atoms. The number of benzene rings is 2. The van der Waals surface area contributed by atoms with Crippen LogP contribution in [0.25, 0.3) is 10.8 Å². The van der Waals surface area contributed by atoms with Gasteiger partial charge in [0.2, 0.25) is 5.91 Å². The van der Waals surface area contributed by atoms with E-state index in [2.05, 4.69) is 5.32 Å². The van der Waals surface area contributed by atoms with Gasteiger partial charge < -0.3 is 10.1 Å². The molecule has 0 spiro atoms. The highest BCUT2D eigenvalue weighted by atomic mass is 16.5. The number of carbonyl (C=O) groups excluding carboxylic acids is 2. The maximum atomic E-state index is 11.3. The van der Waals surface area contributed by atoms with Crippen LogP contribution in [0.4, 0.5) is 0 Å². The van der Waals surface area contributed by atoms with Crippen LogP contribution in [0.15, 0.2) is 42.5 Å². The molecule has 0 aromatic heterocycles. The number of hydrogen-bond donors (Lipinski definition) is 1. The zero-order valence-electron chi connectivity index (χ0n) is 10.7. The maximum Gasteiger partial charge on any atom is 0.325 e. The molecule has 2 aromatic carbocycles. The Bertz CT molecular complexity index is 607. The second-order valence-electron chi connectivity index (χ2n) is 4.25. The highest BCUT2D eigenvalue weighted by Gasteiger charge is 2.04. The zero-order chi connectivity index (χ0) is 13.7. The fourth-order valence-corrected chi connectivity index (χ4v) is 1.74. The molecule has 0 saturated heterocycles. The van der Waals surface area contributed by atoms with Gasteiger partial charge in [-0.2, -0.15) is 0 Å². The lowest BCUT2D eigenvalue weighted by Gasteiger charge is -2.06. The minimum Gasteiger partial charge on any atom is -0.460 e.